The van der Waals surface area contributed by atoms with Crippen LogP contribution < -0.4 is 5.32 Å². The van der Waals surface area contributed by atoms with Crippen LogP contribution in [0.3, 0.4) is 0 Å². The lowest BCUT2D eigenvalue weighted by Gasteiger charge is -2.17. The van der Waals surface area contributed by atoms with Crippen LogP contribution in [0.5, 0.6) is 0 Å². The summed E-state index contributed by atoms with van der Waals surface area (Å²) in [5, 5.41) is 14.8. The standard InChI is InChI=1S/C17H18N2OS/c1-11-6-5-7-12(8-11)15(20)19-16-13(9-18)14(10-21-16)17(2,3)4/h5-8,10H,1-4H3,(H,19,20). The van der Waals surface area contributed by atoms with E-state index in [-0.39, 0.29) is 11.3 Å². The molecule has 1 aromatic carbocycles. The van der Waals surface area contributed by atoms with Gasteiger partial charge in [0.05, 0.1) is 5.56 Å². The molecule has 0 radical (unpaired) electrons. The summed E-state index contributed by atoms with van der Waals surface area (Å²) >= 11 is 1.40. The highest BCUT2D eigenvalue weighted by atomic mass is 32.1. The Labute approximate surface area is 129 Å². The highest BCUT2D eigenvalue weighted by Crippen LogP contribution is 2.35. The first kappa shape index (κ1) is 15.3. The second-order valence-electron chi connectivity index (χ2n) is 6.04. The van der Waals surface area contributed by atoms with Gasteiger partial charge >= 0.3 is 0 Å². The molecule has 2 aromatic rings. The van der Waals surface area contributed by atoms with E-state index in [1.165, 1.54) is 11.3 Å². The number of hydrogen-bond acceptors (Lipinski definition) is 3. The summed E-state index contributed by atoms with van der Waals surface area (Å²) in [6.07, 6.45) is 0. The van der Waals surface area contributed by atoms with Crippen LogP contribution in [0.25, 0.3) is 0 Å². The smallest absolute Gasteiger partial charge is 0.256 e. The molecule has 0 saturated carbocycles. The quantitative estimate of drug-likeness (QED) is 0.888. The van der Waals surface area contributed by atoms with Gasteiger partial charge in [-0.25, -0.2) is 0 Å². The Hall–Kier alpha value is -2.12. The number of nitrogens with one attached hydrogen (secondary N) is 1. The van der Waals surface area contributed by atoms with Crippen molar-refractivity contribution in [2.75, 3.05) is 5.32 Å². The zero-order valence-corrected chi connectivity index (χ0v) is 13.5. The minimum atomic E-state index is -0.183. The molecule has 2 rings (SSSR count). The number of aryl methyl sites for hydroxylation is 1. The molecule has 108 valence electrons. The third kappa shape index (κ3) is 3.32. The lowest BCUT2D eigenvalue weighted by Crippen LogP contribution is -2.14. The molecule has 0 unspecified atom stereocenters. The molecule has 0 aliphatic heterocycles. The van der Waals surface area contributed by atoms with E-state index in [1.807, 2.05) is 30.5 Å². The van der Waals surface area contributed by atoms with Gasteiger partial charge in [0, 0.05) is 5.56 Å². The summed E-state index contributed by atoms with van der Waals surface area (Å²) in [7, 11) is 0. The summed E-state index contributed by atoms with van der Waals surface area (Å²) in [6.45, 7) is 8.12. The second-order valence-corrected chi connectivity index (χ2v) is 6.92. The van der Waals surface area contributed by atoms with E-state index in [0.29, 0.717) is 16.1 Å². The molecule has 0 aliphatic carbocycles. The highest BCUT2D eigenvalue weighted by molar-refractivity contribution is 7.14. The number of carbonyl (C=O) groups excluding carboxylic acids is 1. The SMILES string of the molecule is Cc1cccc(C(=O)Nc2scc(C(C)(C)C)c2C#N)c1. The minimum absolute atomic E-state index is 0.117. The Balaban J connectivity index is 2.31. The Bertz CT molecular complexity index is 717. The van der Waals surface area contributed by atoms with Crippen LogP contribution in [0.1, 0.15) is 47.8 Å². The zero-order valence-electron chi connectivity index (χ0n) is 12.7. The van der Waals surface area contributed by atoms with Crippen molar-refractivity contribution in [3.05, 3.63) is 51.9 Å². The molecule has 1 aromatic heterocycles. The van der Waals surface area contributed by atoms with Crippen molar-refractivity contribution in [1.82, 2.24) is 0 Å². The fourth-order valence-electron chi connectivity index (χ4n) is 2.07. The molecule has 21 heavy (non-hydrogen) atoms. The van der Waals surface area contributed by atoms with Gasteiger partial charge in [0.2, 0.25) is 0 Å². The molecule has 0 aliphatic rings. The predicted molar refractivity (Wildman–Crippen MR) is 86.9 cm³/mol. The molecule has 0 atom stereocenters. The number of amides is 1. The van der Waals surface area contributed by atoms with E-state index >= 15 is 0 Å². The third-order valence-electron chi connectivity index (χ3n) is 3.22. The van der Waals surface area contributed by atoms with E-state index in [1.54, 1.807) is 6.07 Å². The average Bonchev–Trinajstić information content (AvgIpc) is 2.81. The number of anilines is 1. The molecule has 1 heterocycles. The molecule has 0 bridgehead atoms. The molecule has 0 saturated heterocycles. The molecular formula is C17H18N2OS. The van der Waals surface area contributed by atoms with E-state index in [4.69, 9.17) is 0 Å². The number of rotatable bonds is 2. The molecular weight excluding hydrogens is 280 g/mol. The number of hydrogen-bond donors (Lipinski definition) is 1. The van der Waals surface area contributed by atoms with E-state index < -0.39 is 0 Å². The number of thiophene rings is 1. The summed E-state index contributed by atoms with van der Waals surface area (Å²) in [4.78, 5) is 12.3. The van der Waals surface area contributed by atoms with Crippen LogP contribution in [-0.2, 0) is 5.41 Å². The molecule has 1 amide bonds. The summed E-state index contributed by atoms with van der Waals surface area (Å²) in [5.41, 5.74) is 3.05. The lowest BCUT2D eigenvalue weighted by molar-refractivity contribution is 0.102. The maximum atomic E-state index is 12.3. The fourth-order valence-corrected chi connectivity index (χ4v) is 3.21. The van der Waals surface area contributed by atoms with Gasteiger partial charge in [0.25, 0.3) is 5.91 Å². The van der Waals surface area contributed by atoms with E-state index in [2.05, 4.69) is 32.2 Å². The van der Waals surface area contributed by atoms with Crippen molar-refractivity contribution < 1.29 is 4.79 Å². The predicted octanol–water partition coefficient (Wildman–Crippen LogP) is 4.48. The van der Waals surface area contributed by atoms with Gasteiger partial charge in [-0.05, 0) is 35.4 Å². The van der Waals surface area contributed by atoms with Gasteiger partial charge in [-0.1, -0.05) is 38.5 Å². The number of nitriles is 1. The maximum absolute atomic E-state index is 12.3. The second kappa shape index (κ2) is 5.71. The van der Waals surface area contributed by atoms with Gasteiger partial charge < -0.3 is 5.32 Å². The summed E-state index contributed by atoms with van der Waals surface area (Å²) in [5.74, 6) is -0.183. The first-order chi connectivity index (χ1) is 9.82. The van der Waals surface area contributed by atoms with Crippen LogP contribution in [0, 0.1) is 18.3 Å². The number of carbonyl (C=O) groups is 1. The van der Waals surface area contributed by atoms with Crippen LogP contribution in [-0.4, -0.2) is 5.91 Å². The Kier molecular flexibility index (Phi) is 4.15. The van der Waals surface area contributed by atoms with Gasteiger partial charge in [-0.3, -0.25) is 4.79 Å². The lowest BCUT2D eigenvalue weighted by atomic mass is 9.86. The van der Waals surface area contributed by atoms with Crippen molar-refractivity contribution in [2.24, 2.45) is 0 Å². The van der Waals surface area contributed by atoms with E-state index in [0.717, 1.165) is 11.1 Å². The first-order valence-electron chi connectivity index (χ1n) is 6.73. The number of benzene rings is 1. The van der Waals surface area contributed by atoms with Crippen molar-refractivity contribution in [3.8, 4) is 6.07 Å². The monoisotopic (exact) mass is 298 g/mol. The van der Waals surface area contributed by atoms with Crippen LogP contribution in [0.15, 0.2) is 29.6 Å². The zero-order chi connectivity index (χ0) is 15.6. The van der Waals surface area contributed by atoms with Crippen LogP contribution in [0.2, 0.25) is 0 Å². The maximum Gasteiger partial charge on any atom is 0.256 e. The third-order valence-corrected chi connectivity index (χ3v) is 4.11. The highest BCUT2D eigenvalue weighted by Gasteiger charge is 2.23. The van der Waals surface area contributed by atoms with E-state index in [9.17, 15) is 10.1 Å². The molecule has 0 fully saturated rings. The van der Waals surface area contributed by atoms with Gasteiger partial charge in [-0.15, -0.1) is 11.3 Å². The van der Waals surface area contributed by atoms with Gasteiger partial charge in [0.1, 0.15) is 11.1 Å². The largest absolute Gasteiger partial charge is 0.312 e. The number of nitrogens with zero attached hydrogens (tertiary/aromatic N) is 1. The first-order valence-corrected chi connectivity index (χ1v) is 7.61. The molecule has 3 nitrogen and oxygen atoms in total. The minimum Gasteiger partial charge on any atom is -0.312 e. The normalized spacial score (nSPS) is 11.0. The average molecular weight is 298 g/mol. The Morgan fingerprint density at radius 3 is 2.62 bits per heavy atom. The topological polar surface area (TPSA) is 52.9 Å². The Morgan fingerprint density at radius 1 is 1.33 bits per heavy atom. The van der Waals surface area contributed by atoms with Gasteiger partial charge in [-0.2, -0.15) is 5.26 Å². The molecule has 4 heteroatoms. The summed E-state index contributed by atoms with van der Waals surface area (Å²) in [6, 6.07) is 9.61. The van der Waals surface area contributed by atoms with Crippen LogP contribution in [0.4, 0.5) is 5.00 Å². The van der Waals surface area contributed by atoms with Crippen LogP contribution >= 0.6 is 11.3 Å². The van der Waals surface area contributed by atoms with Crippen molar-refractivity contribution >= 4 is 22.2 Å². The van der Waals surface area contributed by atoms with Crippen molar-refractivity contribution in [2.45, 2.75) is 33.1 Å². The van der Waals surface area contributed by atoms with Crippen molar-refractivity contribution in [3.63, 3.8) is 0 Å². The molecule has 0 spiro atoms. The Morgan fingerprint density at radius 2 is 2.05 bits per heavy atom. The van der Waals surface area contributed by atoms with Gasteiger partial charge in [0.15, 0.2) is 0 Å². The fraction of sp³-hybridized carbons (Fsp3) is 0.294. The molecule has 1 N–H and O–H groups in total. The summed E-state index contributed by atoms with van der Waals surface area (Å²) < 4.78 is 0. The van der Waals surface area contributed by atoms with Crippen molar-refractivity contribution in [1.29, 1.82) is 5.26 Å².